The summed E-state index contributed by atoms with van der Waals surface area (Å²) in [5, 5.41) is 24.0. The molecule has 10 heterocycles. The number of piperidine rings is 1. The van der Waals surface area contributed by atoms with E-state index >= 15 is 0 Å². The van der Waals surface area contributed by atoms with Gasteiger partial charge in [-0.05, 0) is 63.4 Å². The lowest BCUT2D eigenvalue weighted by atomic mass is 9.94. The van der Waals surface area contributed by atoms with Crippen LogP contribution in [0.25, 0.3) is 16.9 Å². The molecule has 0 amide bonds. The second kappa shape index (κ2) is 14.3. The number of hydrogen-bond donors (Lipinski definition) is 4. The molecule has 4 aliphatic rings. The fourth-order valence-corrected chi connectivity index (χ4v) is 8.56. The first-order valence-corrected chi connectivity index (χ1v) is 19.7. The van der Waals surface area contributed by atoms with Crippen LogP contribution >= 0.6 is 11.5 Å². The quantitative estimate of drug-likeness (QED) is 0.157. The average molecular weight is 771 g/mol. The highest BCUT2D eigenvalue weighted by atomic mass is 32.1. The number of amidine groups is 2. The van der Waals surface area contributed by atoms with Crippen LogP contribution in [0.15, 0.2) is 84.1 Å². The lowest BCUT2D eigenvalue weighted by molar-refractivity contribution is 0.214. The molecule has 0 radical (unpaired) electrons. The van der Waals surface area contributed by atoms with Gasteiger partial charge in [-0.2, -0.15) is 14.6 Å². The van der Waals surface area contributed by atoms with Crippen LogP contribution < -0.4 is 26.0 Å². The maximum Gasteiger partial charge on any atom is 0.215 e. The molecular formula is C38H42N16OS. The number of aliphatic imine (C=N–C) groups is 2. The van der Waals surface area contributed by atoms with Gasteiger partial charge in [-0.15, -0.1) is 0 Å². The van der Waals surface area contributed by atoms with E-state index < -0.39 is 5.54 Å². The molecule has 2 saturated heterocycles. The monoisotopic (exact) mass is 770 g/mol. The number of imidazole rings is 1. The Bertz CT molecular complexity index is 2480. The summed E-state index contributed by atoms with van der Waals surface area (Å²) in [5.41, 5.74) is 6.03. The molecule has 6 aromatic heterocycles. The summed E-state index contributed by atoms with van der Waals surface area (Å²) in [5.74, 6) is 3.17. The molecule has 4 N–H and O–H groups in total. The molecule has 6 aromatic rings. The third kappa shape index (κ3) is 6.48. The molecule has 56 heavy (non-hydrogen) atoms. The Balaban J connectivity index is 0.889. The van der Waals surface area contributed by atoms with E-state index in [1.807, 2.05) is 71.8 Å². The zero-order valence-corrected chi connectivity index (χ0v) is 31.9. The molecule has 0 saturated carbocycles. The van der Waals surface area contributed by atoms with Crippen molar-refractivity contribution in [2.24, 2.45) is 17.0 Å². The van der Waals surface area contributed by atoms with Crippen LogP contribution in [0.1, 0.15) is 48.9 Å². The minimum Gasteiger partial charge on any atom is -0.473 e. The van der Waals surface area contributed by atoms with E-state index in [-0.39, 0.29) is 6.10 Å². The van der Waals surface area contributed by atoms with Crippen molar-refractivity contribution < 1.29 is 4.74 Å². The SMILES string of the molecule is Cn1cc(-c2cnc3c(Nc4cc(O[C@@H]5CCNC5)ncc4Cn4cc(C5(C)CN=C6C(Nc7cc(C8CCNCC8)ns7)=NC=CN65)cn4)nccn23)cn1. The van der Waals surface area contributed by atoms with Gasteiger partial charge >= 0.3 is 0 Å². The fraction of sp³-hybridized carbons (Fsp3) is 0.368. The molecule has 0 bridgehead atoms. The number of nitrogens with one attached hydrogen (secondary N) is 4. The summed E-state index contributed by atoms with van der Waals surface area (Å²) in [6.07, 6.45) is 22.2. The van der Waals surface area contributed by atoms with Gasteiger partial charge in [0.1, 0.15) is 11.1 Å². The topological polar surface area (TPSA) is 177 Å². The predicted octanol–water partition coefficient (Wildman–Crippen LogP) is 4.10. The normalized spacial score (nSPS) is 21.0. The molecule has 0 aromatic carbocycles. The lowest BCUT2D eigenvalue weighted by Crippen LogP contribution is -2.46. The van der Waals surface area contributed by atoms with Crippen molar-refractivity contribution in [2.75, 3.05) is 43.4 Å². The first-order chi connectivity index (χ1) is 27.5. The van der Waals surface area contributed by atoms with Crippen molar-refractivity contribution in [3.05, 3.63) is 90.9 Å². The van der Waals surface area contributed by atoms with Gasteiger partial charge in [0.05, 0.1) is 54.3 Å². The van der Waals surface area contributed by atoms with E-state index in [0.29, 0.717) is 36.4 Å². The third-order valence-corrected chi connectivity index (χ3v) is 11.7. The van der Waals surface area contributed by atoms with Crippen LogP contribution in [0.2, 0.25) is 0 Å². The minimum absolute atomic E-state index is 0.0633. The zero-order chi connectivity index (χ0) is 37.6. The van der Waals surface area contributed by atoms with Crippen molar-refractivity contribution in [2.45, 2.75) is 50.3 Å². The number of nitrogens with zero attached hydrogens (tertiary/aromatic N) is 12. The second-order valence-electron chi connectivity index (χ2n) is 14.8. The number of ether oxygens (including phenoxy) is 1. The van der Waals surface area contributed by atoms with E-state index in [1.54, 1.807) is 10.9 Å². The molecule has 286 valence electrons. The van der Waals surface area contributed by atoms with E-state index in [0.717, 1.165) is 95.9 Å². The van der Waals surface area contributed by atoms with Gasteiger partial charge in [0.15, 0.2) is 23.1 Å². The Kier molecular flexibility index (Phi) is 8.79. The molecule has 4 aliphatic heterocycles. The number of hydrogen-bond acceptors (Lipinski definition) is 15. The Labute approximate surface area is 326 Å². The van der Waals surface area contributed by atoms with Gasteiger partial charge in [-0.3, -0.25) is 18.8 Å². The molecule has 2 fully saturated rings. The Morgan fingerprint density at radius 2 is 1.89 bits per heavy atom. The van der Waals surface area contributed by atoms with E-state index in [1.165, 1.54) is 11.5 Å². The number of aromatic nitrogens is 9. The van der Waals surface area contributed by atoms with Gasteiger partial charge in [0.2, 0.25) is 5.88 Å². The predicted molar refractivity (Wildman–Crippen MR) is 215 cm³/mol. The Hall–Kier alpha value is -5.98. The molecule has 17 nitrogen and oxygen atoms in total. The maximum absolute atomic E-state index is 6.29. The number of anilines is 3. The molecule has 2 atom stereocenters. The summed E-state index contributed by atoms with van der Waals surface area (Å²) >= 11 is 1.48. The third-order valence-electron chi connectivity index (χ3n) is 11.0. The van der Waals surface area contributed by atoms with Gasteiger partial charge in [-0.1, -0.05) is 0 Å². The molecule has 0 aliphatic carbocycles. The van der Waals surface area contributed by atoms with Gasteiger partial charge in [0.25, 0.3) is 0 Å². The number of fused-ring (bicyclic) bond motifs is 2. The fourth-order valence-electron chi connectivity index (χ4n) is 7.84. The van der Waals surface area contributed by atoms with Crippen LogP contribution in [-0.2, 0) is 19.1 Å². The van der Waals surface area contributed by atoms with Gasteiger partial charge < -0.3 is 30.9 Å². The van der Waals surface area contributed by atoms with Gasteiger partial charge in [-0.25, -0.2) is 19.9 Å². The van der Waals surface area contributed by atoms with Crippen molar-refractivity contribution >= 4 is 45.4 Å². The van der Waals surface area contributed by atoms with E-state index in [9.17, 15) is 0 Å². The number of pyridine rings is 1. The number of aryl methyl sites for hydroxylation is 1. The molecular weight excluding hydrogens is 729 g/mol. The van der Waals surface area contributed by atoms with Crippen molar-refractivity contribution in [3.8, 4) is 17.1 Å². The van der Waals surface area contributed by atoms with E-state index in [4.69, 9.17) is 34.2 Å². The van der Waals surface area contributed by atoms with Crippen LogP contribution in [-0.4, -0.2) is 98.7 Å². The number of rotatable bonds is 10. The van der Waals surface area contributed by atoms with E-state index in [2.05, 4.69) is 55.4 Å². The lowest BCUT2D eigenvalue weighted by Gasteiger charge is -2.35. The summed E-state index contributed by atoms with van der Waals surface area (Å²) in [6, 6.07) is 4.11. The summed E-state index contributed by atoms with van der Waals surface area (Å²) < 4.78 is 16.8. The van der Waals surface area contributed by atoms with Crippen LogP contribution in [0.4, 0.5) is 16.5 Å². The van der Waals surface area contributed by atoms with Crippen molar-refractivity contribution in [3.63, 3.8) is 0 Å². The van der Waals surface area contributed by atoms with Crippen molar-refractivity contribution in [1.82, 2.24) is 58.8 Å². The minimum atomic E-state index is -0.459. The largest absolute Gasteiger partial charge is 0.473 e. The van der Waals surface area contributed by atoms with Crippen molar-refractivity contribution in [1.29, 1.82) is 0 Å². The molecule has 10 rings (SSSR count). The van der Waals surface area contributed by atoms with Crippen LogP contribution in [0.5, 0.6) is 5.88 Å². The smallest absolute Gasteiger partial charge is 0.215 e. The highest BCUT2D eigenvalue weighted by molar-refractivity contribution is 7.10. The zero-order valence-electron chi connectivity index (χ0n) is 31.1. The molecule has 1 unspecified atom stereocenters. The highest BCUT2D eigenvalue weighted by Gasteiger charge is 2.43. The highest BCUT2D eigenvalue weighted by Crippen LogP contribution is 2.37. The second-order valence-corrected chi connectivity index (χ2v) is 15.6. The summed E-state index contributed by atoms with van der Waals surface area (Å²) in [4.78, 5) is 26.0. The molecule has 0 spiro atoms. The Morgan fingerprint density at radius 3 is 2.75 bits per heavy atom. The van der Waals surface area contributed by atoms with Gasteiger partial charge in [0, 0.05) is 85.7 Å². The maximum atomic E-state index is 6.29. The van der Waals surface area contributed by atoms with Crippen LogP contribution in [0.3, 0.4) is 0 Å². The van der Waals surface area contributed by atoms with Crippen LogP contribution in [0, 0.1) is 0 Å². The average Bonchev–Trinajstić information content (AvgIpc) is 4.07. The Morgan fingerprint density at radius 1 is 0.982 bits per heavy atom. The molecule has 18 heteroatoms. The summed E-state index contributed by atoms with van der Waals surface area (Å²) in [6.45, 7) is 6.99. The first kappa shape index (κ1) is 34.5. The first-order valence-electron chi connectivity index (χ1n) is 19.0. The summed E-state index contributed by atoms with van der Waals surface area (Å²) in [7, 11) is 1.90. The standard InChI is InChI=1S/C38H42N16OS/c1-38(23-45-37-35(42-10-12-54(37)38)49-33-14-30(50-56-33)24-3-6-39-7-4-24)27-17-47-52(22-27)21-25-15-43-32(55-28-5-8-40-18-28)13-29(25)48-34-36-44-19-31(53(36)11-9-41-34)26-16-46-51(2)20-26/h9-17,19-20,22,24,28,39-40H,3-8,18,21,23H2,1-2H3,(H,42,49)(H,41,43,48)/t28-,38?/m1/s1.